The van der Waals surface area contributed by atoms with Crippen LogP contribution in [-0.2, 0) is 14.4 Å². The van der Waals surface area contributed by atoms with Crippen molar-refractivity contribution < 1.29 is 14.4 Å². The minimum Gasteiger partial charge on any atom is -0.388 e. The Kier molecular flexibility index (Phi) is 4.93. The van der Waals surface area contributed by atoms with E-state index in [4.69, 9.17) is 4.84 Å². The van der Waals surface area contributed by atoms with Crippen molar-refractivity contribution in [3.05, 3.63) is 0 Å². The van der Waals surface area contributed by atoms with Gasteiger partial charge in [0.25, 0.3) is 5.91 Å². The summed E-state index contributed by atoms with van der Waals surface area (Å²) in [6.07, 6.45) is 9.87. The van der Waals surface area contributed by atoms with E-state index in [0.29, 0.717) is 24.1 Å². The van der Waals surface area contributed by atoms with Gasteiger partial charge in [0, 0.05) is 44.3 Å². The SMILES string of the molecule is CC1CCC(C(=O)N2CCC3(CC2)CC(C(=O)NC2CCC2)=NO3)CC1. The molecule has 6 heteroatoms. The second-order valence-corrected chi connectivity index (χ2v) is 8.87. The summed E-state index contributed by atoms with van der Waals surface area (Å²) in [7, 11) is 0. The summed E-state index contributed by atoms with van der Waals surface area (Å²) in [5, 5.41) is 7.13. The first-order valence-electron chi connectivity index (χ1n) is 10.4. The number of likely N-dealkylation sites (tertiary alicyclic amines) is 1. The molecule has 2 saturated carbocycles. The van der Waals surface area contributed by atoms with Gasteiger partial charge in [-0.15, -0.1) is 0 Å². The largest absolute Gasteiger partial charge is 0.388 e. The van der Waals surface area contributed by atoms with Gasteiger partial charge < -0.3 is 15.1 Å². The summed E-state index contributed by atoms with van der Waals surface area (Å²) < 4.78 is 0. The standard InChI is InChI=1S/C20H31N3O3/c1-14-5-7-15(8-6-14)19(25)23-11-9-20(10-12-23)13-17(22-26-20)18(24)21-16-3-2-4-16/h14-16H,2-13H2,1H3,(H,21,24). The number of hydrogen-bond donors (Lipinski definition) is 1. The first-order chi connectivity index (χ1) is 12.5. The van der Waals surface area contributed by atoms with Gasteiger partial charge in [-0.25, -0.2) is 0 Å². The van der Waals surface area contributed by atoms with Crippen LogP contribution in [0.1, 0.15) is 71.1 Å². The van der Waals surface area contributed by atoms with E-state index in [1.807, 2.05) is 4.90 Å². The van der Waals surface area contributed by atoms with Gasteiger partial charge in [0.1, 0.15) is 11.3 Å². The van der Waals surface area contributed by atoms with Gasteiger partial charge >= 0.3 is 0 Å². The number of carbonyl (C=O) groups is 2. The van der Waals surface area contributed by atoms with E-state index >= 15 is 0 Å². The molecule has 0 aromatic rings. The monoisotopic (exact) mass is 361 g/mol. The van der Waals surface area contributed by atoms with Crippen LogP contribution in [0.15, 0.2) is 5.16 Å². The van der Waals surface area contributed by atoms with Gasteiger partial charge in [-0.1, -0.05) is 12.1 Å². The summed E-state index contributed by atoms with van der Waals surface area (Å²) in [6.45, 7) is 3.72. The van der Waals surface area contributed by atoms with E-state index in [1.165, 1.54) is 19.3 Å². The van der Waals surface area contributed by atoms with Crippen LogP contribution in [0, 0.1) is 11.8 Å². The van der Waals surface area contributed by atoms with Gasteiger partial charge in [-0.2, -0.15) is 0 Å². The number of carbonyl (C=O) groups excluding carboxylic acids is 2. The highest BCUT2D eigenvalue weighted by Crippen LogP contribution is 2.36. The lowest BCUT2D eigenvalue weighted by atomic mass is 9.81. The van der Waals surface area contributed by atoms with Crippen molar-refractivity contribution in [2.24, 2.45) is 17.0 Å². The van der Waals surface area contributed by atoms with E-state index in [0.717, 1.165) is 57.5 Å². The predicted molar refractivity (Wildman–Crippen MR) is 98.6 cm³/mol. The third-order valence-corrected chi connectivity index (χ3v) is 6.89. The molecule has 0 atom stereocenters. The molecular formula is C20H31N3O3. The van der Waals surface area contributed by atoms with Crippen molar-refractivity contribution in [3.8, 4) is 0 Å². The topological polar surface area (TPSA) is 71.0 Å². The van der Waals surface area contributed by atoms with Gasteiger partial charge in [0.2, 0.25) is 5.91 Å². The van der Waals surface area contributed by atoms with Crippen molar-refractivity contribution >= 4 is 17.5 Å². The van der Waals surface area contributed by atoms with Crippen LogP contribution in [0.25, 0.3) is 0 Å². The molecule has 144 valence electrons. The number of piperidine rings is 1. The molecule has 6 nitrogen and oxygen atoms in total. The number of nitrogens with one attached hydrogen (secondary N) is 1. The fraction of sp³-hybridized carbons (Fsp3) is 0.850. The Morgan fingerprint density at radius 3 is 2.42 bits per heavy atom. The lowest BCUT2D eigenvalue weighted by molar-refractivity contribution is -0.142. The van der Waals surface area contributed by atoms with Crippen LogP contribution in [0.2, 0.25) is 0 Å². The van der Waals surface area contributed by atoms with E-state index in [9.17, 15) is 9.59 Å². The molecule has 1 spiro atoms. The summed E-state index contributed by atoms with van der Waals surface area (Å²) in [6, 6.07) is 0.319. The summed E-state index contributed by atoms with van der Waals surface area (Å²) in [5.74, 6) is 1.23. The second-order valence-electron chi connectivity index (χ2n) is 8.87. The molecule has 0 unspecified atom stereocenters. The maximum atomic E-state index is 12.8. The van der Waals surface area contributed by atoms with Crippen LogP contribution in [-0.4, -0.2) is 47.2 Å². The summed E-state index contributed by atoms with van der Waals surface area (Å²) >= 11 is 0. The molecule has 2 aliphatic heterocycles. The van der Waals surface area contributed by atoms with Gasteiger partial charge in [-0.3, -0.25) is 9.59 Å². The smallest absolute Gasteiger partial charge is 0.269 e. The van der Waals surface area contributed by atoms with Crippen LogP contribution in [0.4, 0.5) is 0 Å². The molecular weight excluding hydrogens is 330 g/mol. The Morgan fingerprint density at radius 1 is 1.12 bits per heavy atom. The highest BCUT2D eigenvalue weighted by Gasteiger charge is 2.45. The molecule has 3 fully saturated rings. The zero-order chi connectivity index (χ0) is 18.1. The Hall–Kier alpha value is -1.59. The average Bonchev–Trinajstić information content (AvgIpc) is 3.02. The molecule has 4 rings (SSSR count). The van der Waals surface area contributed by atoms with E-state index in [1.54, 1.807) is 0 Å². The number of oxime groups is 1. The predicted octanol–water partition coefficient (Wildman–Crippen LogP) is 2.62. The fourth-order valence-electron chi connectivity index (χ4n) is 4.63. The Bertz CT molecular complexity index is 583. The molecule has 1 N–H and O–H groups in total. The second kappa shape index (κ2) is 7.20. The van der Waals surface area contributed by atoms with Gasteiger partial charge in [0.05, 0.1) is 0 Å². The number of nitrogens with zero attached hydrogens (tertiary/aromatic N) is 2. The van der Waals surface area contributed by atoms with Crippen molar-refractivity contribution in [1.29, 1.82) is 0 Å². The number of amides is 2. The summed E-state index contributed by atoms with van der Waals surface area (Å²) in [4.78, 5) is 32.8. The highest BCUT2D eigenvalue weighted by molar-refractivity contribution is 6.39. The fourth-order valence-corrected chi connectivity index (χ4v) is 4.63. The van der Waals surface area contributed by atoms with E-state index in [2.05, 4.69) is 17.4 Å². The number of rotatable bonds is 3. The van der Waals surface area contributed by atoms with Crippen LogP contribution in [0.3, 0.4) is 0 Å². The molecule has 1 saturated heterocycles. The van der Waals surface area contributed by atoms with Gasteiger partial charge in [-0.05, 0) is 50.9 Å². The molecule has 0 aromatic carbocycles. The minimum absolute atomic E-state index is 0.0681. The average molecular weight is 361 g/mol. The number of hydrogen-bond acceptors (Lipinski definition) is 4. The van der Waals surface area contributed by atoms with Gasteiger partial charge in [0.15, 0.2) is 0 Å². The normalized spacial score (nSPS) is 31.1. The quantitative estimate of drug-likeness (QED) is 0.840. The lowest BCUT2D eigenvalue weighted by Gasteiger charge is -2.39. The Balaban J connectivity index is 1.26. The van der Waals surface area contributed by atoms with Crippen molar-refractivity contribution in [1.82, 2.24) is 10.2 Å². The van der Waals surface area contributed by atoms with E-state index in [-0.39, 0.29) is 17.4 Å². The first-order valence-corrected chi connectivity index (χ1v) is 10.4. The maximum Gasteiger partial charge on any atom is 0.269 e. The zero-order valence-corrected chi connectivity index (χ0v) is 15.8. The first kappa shape index (κ1) is 17.8. The van der Waals surface area contributed by atoms with Crippen LogP contribution < -0.4 is 5.32 Å². The van der Waals surface area contributed by atoms with E-state index < -0.39 is 0 Å². The van der Waals surface area contributed by atoms with Crippen LogP contribution >= 0.6 is 0 Å². The molecule has 2 aliphatic carbocycles. The molecule has 2 heterocycles. The molecule has 0 aromatic heterocycles. The highest BCUT2D eigenvalue weighted by atomic mass is 16.7. The zero-order valence-electron chi connectivity index (χ0n) is 15.8. The van der Waals surface area contributed by atoms with Crippen LogP contribution in [0.5, 0.6) is 0 Å². The molecule has 0 bridgehead atoms. The maximum absolute atomic E-state index is 12.8. The molecule has 2 amide bonds. The third kappa shape index (κ3) is 3.60. The van der Waals surface area contributed by atoms with Crippen molar-refractivity contribution in [3.63, 3.8) is 0 Å². The summed E-state index contributed by atoms with van der Waals surface area (Å²) in [5.41, 5.74) is 0.155. The minimum atomic E-state index is -0.371. The molecule has 26 heavy (non-hydrogen) atoms. The lowest BCUT2D eigenvalue weighted by Crippen LogP contribution is -2.49. The third-order valence-electron chi connectivity index (χ3n) is 6.89. The Morgan fingerprint density at radius 2 is 1.81 bits per heavy atom. The Labute approximate surface area is 155 Å². The molecule has 0 radical (unpaired) electrons. The van der Waals surface area contributed by atoms with Crippen molar-refractivity contribution in [2.45, 2.75) is 82.8 Å². The van der Waals surface area contributed by atoms with Crippen molar-refractivity contribution in [2.75, 3.05) is 13.1 Å². The molecule has 4 aliphatic rings.